The third kappa shape index (κ3) is 4.10. The fourth-order valence-electron chi connectivity index (χ4n) is 4.90. The number of amides is 1. The highest BCUT2D eigenvalue weighted by atomic mass is 35.5. The lowest BCUT2D eigenvalue weighted by Gasteiger charge is -2.39. The Morgan fingerprint density at radius 2 is 1.68 bits per heavy atom. The van der Waals surface area contributed by atoms with Crippen LogP contribution in [-0.2, 0) is 10.0 Å². The first-order valence-electron chi connectivity index (χ1n) is 11.4. The fraction of sp³-hybridized carbons (Fsp3) is 0.250. The van der Waals surface area contributed by atoms with Crippen molar-refractivity contribution in [1.29, 1.82) is 0 Å². The Bertz CT molecular complexity index is 1580. The molecule has 190 valence electrons. The van der Waals surface area contributed by atoms with Gasteiger partial charge in [0.25, 0.3) is 15.9 Å². The Labute approximate surface area is 220 Å². The molecule has 0 radical (unpaired) electrons. The molecule has 3 aromatic heterocycles. The summed E-state index contributed by atoms with van der Waals surface area (Å²) in [7, 11) is -3.94. The molecular formula is C24H20ClN5O5S2. The van der Waals surface area contributed by atoms with Crippen molar-refractivity contribution in [3.8, 4) is 11.3 Å². The van der Waals surface area contributed by atoms with Crippen LogP contribution in [0.3, 0.4) is 0 Å². The molecule has 1 amide bonds. The highest BCUT2D eigenvalue weighted by molar-refractivity contribution is 7.91. The maximum atomic E-state index is 13.5. The van der Waals surface area contributed by atoms with E-state index in [1.807, 2.05) is 0 Å². The molecule has 37 heavy (non-hydrogen) atoms. The summed E-state index contributed by atoms with van der Waals surface area (Å²) in [6.45, 7) is -0.333. The summed E-state index contributed by atoms with van der Waals surface area (Å²) in [5.41, 5.74) is 1.38. The SMILES string of the molecule is O=C(c1ccc(-c2ccncc2)nn1)N1C2CN(S(=O)(=O)c3cc4ccc(Cl)cc4s3)CC1C(O)C2O. The van der Waals surface area contributed by atoms with Crippen molar-refractivity contribution in [2.24, 2.45) is 0 Å². The van der Waals surface area contributed by atoms with E-state index in [1.165, 1.54) is 15.3 Å². The third-order valence-corrected chi connectivity index (χ3v) is 10.4. The van der Waals surface area contributed by atoms with Gasteiger partial charge in [0.05, 0.1) is 17.8 Å². The van der Waals surface area contributed by atoms with Gasteiger partial charge < -0.3 is 15.1 Å². The molecule has 0 aliphatic carbocycles. The van der Waals surface area contributed by atoms with Gasteiger partial charge in [-0.2, -0.15) is 4.31 Å². The average Bonchev–Trinajstić information content (AvgIpc) is 3.41. The Hall–Kier alpha value is -3.00. The first-order chi connectivity index (χ1) is 17.7. The molecule has 5 heterocycles. The molecule has 2 bridgehead atoms. The van der Waals surface area contributed by atoms with Gasteiger partial charge in [-0.05, 0) is 47.9 Å². The number of aromatic nitrogens is 3. The van der Waals surface area contributed by atoms with Gasteiger partial charge in [-0.3, -0.25) is 9.78 Å². The van der Waals surface area contributed by atoms with E-state index in [4.69, 9.17) is 11.6 Å². The van der Waals surface area contributed by atoms with E-state index in [0.29, 0.717) is 10.7 Å². The number of rotatable bonds is 4. The van der Waals surface area contributed by atoms with Crippen molar-refractivity contribution in [3.63, 3.8) is 0 Å². The number of thiophene rings is 1. The minimum absolute atomic E-state index is 0.0341. The van der Waals surface area contributed by atoms with E-state index in [-0.39, 0.29) is 23.0 Å². The van der Waals surface area contributed by atoms with E-state index >= 15 is 0 Å². The summed E-state index contributed by atoms with van der Waals surface area (Å²) < 4.78 is 29.1. The Morgan fingerprint density at radius 3 is 2.32 bits per heavy atom. The third-order valence-electron chi connectivity index (χ3n) is 6.78. The van der Waals surface area contributed by atoms with Crippen LogP contribution in [0.2, 0.25) is 5.02 Å². The highest BCUT2D eigenvalue weighted by Gasteiger charge is 2.56. The maximum absolute atomic E-state index is 13.5. The van der Waals surface area contributed by atoms with Crippen LogP contribution in [0.5, 0.6) is 0 Å². The number of carbonyl (C=O) groups is 1. The van der Waals surface area contributed by atoms with Crippen LogP contribution < -0.4 is 0 Å². The lowest BCUT2D eigenvalue weighted by atomic mass is 10.1. The first kappa shape index (κ1) is 24.3. The summed E-state index contributed by atoms with van der Waals surface area (Å²) >= 11 is 7.15. The molecule has 10 nitrogen and oxygen atoms in total. The second kappa shape index (κ2) is 9.08. The average molecular weight is 558 g/mol. The van der Waals surface area contributed by atoms with Crippen LogP contribution in [-0.4, -0.2) is 86.3 Å². The summed E-state index contributed by atoms with van der Waals surface area (Å²) in [6, 6.07) is 11.6. The van der Waals surface area contributed by atoms with Gasteiger partial charge in [-0.15, -0.1) is 21.5 Å². The van der Waals surface area contributed by atoms with E-state index in [2.05, 4.69) is 15.2 Å². The van der Waals surface area contributed by atoms with Crippen LogP contribution in [0.1, 0.15) is 10.5 Å². The molecule has 2 fully saturated rings. The number of aliphatic hydroxyl groups is 2. The van der Waals surface area contributed by atoms with Crippen LogP contribution in [0.15, 0.2) is 65.1 Å². The molecule has 13 heteroatoms. The van der Waals surface area contributed by atoms with Gasteiger partial charge >= 0.3 is 0 Å². The number of benzene rings is 1. The summed E-state index contributed by atoms with van der Waals surface area (Å²) in [6.07, 6.45) is 0.634. The zero-order valence-corrected chi connectivity index (χ0v) is 21.4. The van der Waals surface area contributed by atoms with Crippen molar-refractivity contribution >= 4 is 49.0 Å². The number of pyridine rings is 1. The standard InChI is InChI=1S/C24H20ClN5O5S2/c25-15-2-1-14-9-21(36-20(14)10-15)37(34,35)29-11-18-22(31)23(32)19(12-29)30(18)24(33)17-4-3-16(27-28-17)13-5-7-26-8-6-13/h1-10,18-19,22-23,31-32H,11-12H2. The number of aliphatic hydroxyl groups excluding tert-OH is 2. The van der Waals surface area contributed by atoms with Gasteiger partial charge in [-0.1, -0.05) is 17.7 Å². The first-order valence-corrected chi connectivity index (χ1v) is 14.0. The number of sulfonamides is 1. The van der Waals surface area contributed by atoms with E-state index in [1.54, 1.807) is 54.9 Å². The molecule has 4 aromatic rings. The molecule has 2 aliphatic heterocycles. The van der Waals surface area contributed by atoms with Gasteiger partial charge in [0.1, 0.15) is 16.4 Å². The monoisotopic (exact) mass is 557 g/mol. The van der Waals surface area contributed by atoms with Crippen molar-refractivity contribution < 1.29 is 23.4 Å². The number of hydrogen-bond acceptors (Lipinski definition) is 9. The molecular weight excluding hydrogens is 538 g/mol. The van der Waals surface area contributed by atoms with E-state index in [9.17, 15) is 23.4 Å². The van der Waals surface area contributed by atoms with Gasteiger partial charge in [0, 0.05) is 40.8 Å². The molecule has 4 atom stereocenters. The second-order valence-corrected chi connectivity index (χ2v) is 12.6. The van der Waals surface area contributed by atoms with Gasteiger partial charge in [0.2, 0.25) is 0 Å². The van der Waals surface area contributed by atoms with Crippen LogP contribution in [0.4, 0.5) is 0 Å². The number of hydrogen-bond donors (Lipinski definition) is 2. The zero-order chi connectivity index (χ0) is 25.9. The summed E-state index contributed by atoms with van der Waals surface area (Å²) in [5.74, 6) is -0.534. The second-order valence-electron chi connectivity index (χ2n) is 8.94. The molecule has 2 saturated heterocycles. The van der Waals surface area contributed by atoms with Gasteiger partial charge in [-0.25, -0.2) is 8.42 Å². The highest BCUT2D eigenvalue weighted by Crippen LogP contribution is 2.38. The number of carbonyl (C=O) groups excluding carboxylic acids is 1. The number of nitrogens with zero attached hydrogens (tertiary/aromatic N) is 5. The number of halogens is 1. The number of fused-ring (bicyclic) bond motifs is 3. The maximum Gasteiger partial charge on any atom is 0.275 e. The predicted molar refractivity (Wildman–Crippen MR) is 137 cm³/mol. The van der Waals surface area contributed by atoms with E-state index < -0.39 is 40.2 Å². The molecule has 6 rings (SSSR count). The van der Waals surface area contributed by atoms with E-state index in [0.717, 1.165) is 27.0 Å². The molecule has 2 aliphatic rings. The van der Waals surface area contributed by atoms with Crippen LogP contribution in [0, 0.1) is 0 Å². The smallest absolute Gasteiger partial charge is 0.275 e. The normalized spacial score (nSPS) is 24.0. The van der Waals surface area contributed by atoms with Crippen molar-refractivity contribution in [2.75, 3.05) is 13.1 Å². The summed E-state index contributed by atoms with van der Waals surface area (Å²) in [4.78, 5) is 18.7. The molecule has 0 saturated carbocycles. The summed E-state index contributed by atoms with van der Waals surface area (Å²) in [5, 5.41) is 30.9. The largest absolute Gasteiger partial charge is 0.388 e. The molecule has 1 aromatic carbocycles. The van der Waals surface area contributed by atoms with Crippen molar-refractivity contribution in [3.05, 3.63) is 71.6 Å². The lowest BCUT2D eigenvalue weighted by molar-refractivity contribution is 0.0352. The minimum Gasteiger partial charge on any atom is -0.388 e. The Kier molecular flexibility index (Phi) is 5.97. The zero-order valence-electron chi connectivity index (χ0n) is 19.0. The minimum atomic E-state index is -3.94. The molecule has 4 unspecified atom stereocenters. The lowest BCUT2D eigenvalue weighted by Crippen LogP contribution is -2.59. The van der Waals surface area contributed by atoms with Crippen LogP contribution >= 0.6 is 22.9 Å². The topological polar surface area (TPSA) is 137 Å². The quantitative estimate of drug-likeness (QED) is 0.389. The van der Waals surface area contributed by atoms with Crippen molar-refractivity contribution in [2.45, 2.75) is 28.5 Å². The fourth-order valence-corrected chi connectivity index (χ4v) is 8.21. The van der Waals surface area contributed by atoms with Crippen molar-refractivity contribution in [1.82, 2.24) is 24.4 Å². The number of piperazine rings is 1. The van der Waals surface area contributed by atoms with Gasteiger partial charge in [0.15, 0.2) is 5.69 Å². The molecule has 0 spiro atoms. The predicted octanol–water partition coefficient (Wildman–Crippen LogP) is 2.03. The Morgan fingerprint density at radius 1 is 0.973 bits per heavy atom. The van der Waals surface area contributed by atoms with Crippen LogP contribution in [0.25, 0.3) is 21.3 Å². The Balaban J connectivity index is 1.27. The molecule has 2 N–H and O–H groups in total.